The third-order valence-electron chi connectivity index (χ3n) is 7.79. The molecule has 1 atom stereocenters. The summed E-state index contributed by atoms with van der Waals surface area (Å²) in [5, 5.41) is 4.39. The zero-order valence-corrected chi connectivity index (χ0v) is 23.1. The van der Waals surface area contributed by atoms with Crippen molar-refractivity contribution in [2.24, 2.45) is 18.2 Å². The van der Waals surface area contributed by atoms with Gasteiger partial charge >= 0.3 is 0 Å². The predicted octanol–water partition coefficient (Wildman–Crippen LogP) is 4.12. The topological polar surface area (TPSA) is 120 Å². The molecule has 42 heavy (non-hydrogen) atoms. The zero-order chi connectivity index (χ0) is 29.8. The summed E-state index contributed by atoms with van der Waals surface area (Å²) >= 11 is 6.18. The largest absolute Gasteiger partial charge is 0.369 e. The van der Waals surface area contributed by atoms with Gasteiger partial charge in [-0.2, -0.15) is 5.10 Å². The molecule has 12 heteroatoms. The monoisotopic (exact) mass is 591 g/mol. The number of nitrogens with two attached hydrogens (primary N) is 1. The number of ether oxygens (including phenoxy) is 1. The Hall–Kier alpha value is -4.48. The first-order valence-corrected chi connectivity index (χ1v) is 13.4. The normalized spacial score (nSPS) is 18.7. The van der Waals surface area contributed by atoms with E-state index < -0.39 is 40.4 Å². The van der Waals surface area contributed by atoms with Gasteiger partial charge in [-0.05, 0) is 49.2 Å². The molecular weight excluding hydrogens is 568 g/mol. The van der Waals surface area contributed by atoms with Crippen molar-refractivity contribution in [2.75, 3.05) is 6.61 Å². The van der Waals surface area contributed by atoms with Crippen LogP contribution in [0.4, 0.5) is 8.78 Å². The first kappa shape index (κ1) is 27.7. The Kier molecular flexibility index (Phi) is 6.66. The van der Waals surface area contributed by atoms with E-state index in [1.165, 1.54) is 40.2 Å². The number of hydrogen-bond donors (Lipinski definition) is 1. The number of pyridine rings is 1. The van der Waals surface area contributed by atoms with E-state index in [-0.39, 0.29) is 35.4 Å². The van der Waals surface area contributed by atoms with E-state index in [0.29, 0.717) is 29.1 Å². The van der Waals surface area contributed by atoms with Crippen LogP contribution in [-0.2, 0) is 28.8 Å². The fraction of sp³-hybridized carbons (Fsp3) is 0.233. The Morgan fingerprint density at radius 1 is 1.07 bits per heavy atom. The summed E-state index contributed by atoms with van der Waals surface area (Å²) in [5.41, 5.74) is 3.33. The van der Waals surface area contributed by atoms with E-state index in [9.17, 15) is 18.8 Å². The molecule has 2 aromatic carbocycles. The van der Waals surface area contributed by atoms with Gasteiger partial charge in [-0.25, -0.2) is 8.78 Å². The van der Waals surface area contributed by atoms with Crippen molar-refractivity contribution in [1.29, 1.82) is 0 Å². The zero-order valence-electron chi connectivity index (χ0n) is 22.3. The fourth-order valence-electron chi connectivity index (χ4n) is 5.29. The van der Waals surface area contributed by atoms with E-state index in [1.807, 2.05) is 0 Å². The molecule has 0 spiro atoms. The first-order valence-electron chi connectivity index (χ1n) is 13.0. The molecule has 214 valence electrons. The van der Waals surface area contributed by atoms with Gasteiger partial charge in [0.25, 0.3) is 5.91 Å². The lowest BCUT2D eigenvalue weighted by Crippen LogP contribution is -2.48. The molecule has 0 radical (unpaired) electrons. The number of amides is 2. The fourth-order valence-corrected chi connectivity index (χ4v) is 5.42. The Morgan fingerprint density at radius 3 is 2.40 bits per heavy atom. The molecule has 1 fully saturated rings. The maximum absolute atomic E-state index is 16.4. The maximum atomic E-state index is 16.4. The Morgan fingerprint density at radius 2 is 1.81 bits per heavy atom. The molecular formula is C30H24ClF2N5O4. The molecule has 0 bridgehead atoms. The van der Waals surface area contributed by atoms with Gasteiger partial charge in [-0.15, -0.1) is 0 Å². The van der Waals surface area contributed by atoms with Crippen LogP contribution in [0.25, 0.3) is 0 Å². The lowest BCUT2D eigenvalue weighted by Gasteiger charge is -2.40. The molecule has 1 aliphatic carbocycles. The summed E-state index contributed by atoms with van der Waals surface area (Å²) in [6.07, 6.45) is 4.79. The molecule has 0 saturated heterocycles. The van der Waals surface area contributed by atoms with Crippen molar-refractivity contribution < 1.29 is 27.9 Å². The van der Waals surface area contributed by atoms with Crippen molar-refractivity contribution in [3.05, 3.63) is 117 Å². The highest BCUT2D eigenvalue weighted by molar-refractivity contribution is 6.30. The lowest BCUT2D eigenvalue weighted by molar-refractivity contribution is -0.142. The molecule has 2 aliphatic rings. The molecule has 4 aromatic rings. The minimum Gasteiger partial charge on any atom is -0.369 e. The SMILES string of the molecule is Cn1cc(C(=O)c2cc(F)c3c(c2)C(=O)N(Cc2ccc(F)cn2)[C@@]3(OCC2(C(N)=O)CC2)c2ccc(Cl)cc2)cn1. The first-order chi connectivity index (χ1) is 20.0. The summed E-state index contributed by atoms with van der Waals surface area (Å²) in [7, 11) is 1.64. The number of halogens is 3. The number of hydrogen-bond acceptors (Lipinski definition) is 6. The Balaban J connectivity index is 1.55. The smallest absolute Gasteiger partial charge is 0.257 e. The molecule has 9 nitrogen and oxygen atoms in total. The second-order valence-corrected chi connectivity index (χ2v) is 11.0. The van der Waals surface area contributed by atoms with E-state index >= 15 is 4.39 Å². The number of benzene rings is 2. The summed E-state index contributed by atoms with van der Waals surface area (Å²) in [6.45, 7) is -0.424. The van der Waals surface area contributed by atoms with E-state index in [1.54, 1.807) is 31.3 Å². The van der Waals surface area contributed by atoms with Crippen LogP contribution in [0.5, 0.6) is 0 Å². The number of rotatable bonds is 9. The number of ketones is 1. The van der Waals surface area contributed by atoms with Crippen LogP contribution < -0.4 is 5.73 Å². The third-order valence-corrected chi connectivity index (χ3v) is 8.04. The summed E-state index contributed by atoms with van der Waals surface area (Å²) in [4.78, 5) is 45.1. The minimum absolute atomic E-state index is 0.0600. The molecule has 2 amide bonds. The highest BCUT2D eigenvalue weighted by atomic mass is 35.5. The predicted molar refractivity (Wildman–Crippen MR) is 146 cm³/mol. The number of primary amides is 1. The van der Waals surface area contributed by atoms with Crippen LogP contribution in [0.1, 0.15) is 55.9 Å². The standard InChI is InChI=1S/C30H24ClF2N5O4/c1-37-14-18(12-36-37)26(39)17-10-23-25(24(33)11-17)30(19-2-4-20(31)5-3-19,42-16-29(8-9-29)28(34)41)38(27(23)40)15-22-7-6-21(32)13-35-22/h2-7,10-14H,8-9,15-16H2,1H3,(H2,34,41)/t30-/m1/s1. The van der Waals surface area contributed by atoms with Gasteiger partial charge in [0.15, 0.2) is 11.5 Å². The number of carbonyl (C=O) groups is 3. The summed E-state index contributed by atoms with van der Waals surface area (Å²) in [5.74, 6) is -3.20. The average molecular weight is 592 g/mol. The Labute approximate surface area is 243 Å². The van der Waals surface area contributed by atoms with Crippen molar-refractivity contribution in [1.82, 2.24) is 19.7 Å². The number of fused-ring (bicyclic) bond motifs is 1. The number of nitrogens with zero attached hydrogens (tertiary/aromatic N) is 4. The van der Waals surface area contributed by atoms with Crippen LogP contribution in [0.15, 0.2) is 67.1 Å². The van der Waals surface area contributed by atoms with E-state index in [0.717, 1.165) is 12.3 Å². The lowest BCUT2D eigenvalue weighted by atomic mass is 9.90. The van der Waals surface area contributed by atoms with Crippen molar-refractivity contribution in [3.63, 3.8) is 0 Å². The maximum Gasteiger partial charge on any atom is 0.257 e. The van der Waals surface area contributed by atoms with Gasteiger partial charge in [-0.1, -0.05) is 23.7 Å². The molecule has 2 aromatic heterocycles. The van der Waals surface area contributed by atoms with Crippen molar-refractivity contribution >= 4 is 29.2 Å². The van der Waals surface area contributed by atoms with Gasteiger partial charge in [0, 0.05) is 29.4 Å². The molecule has 3 heterocycles. The molecule has 1 saturated carbocycles. The van der Waals surface area contributed by atoms with E-state index in [4.69, 9.17) is 22.1 Å². The van der Waals surface area contributed by atoms with Crippen LogP contribution >= 0.6 is 11.6 Å². The summed E-state index contributed by atoms with van der Waals surface area (Å²) < 4.78 is 38.0. The van der Waals surface area contributed by atoms with Crippen molar-refractivity contribution in [2.45, 2.75) is 25.1 Å². The molecule has 2 N–H and O–H groups in total. The molecule has 0 unspecified atom stereocenters. The van der Waals surface area contributed by atoms with Crippen LogP contribution in [0, 0.1) is 17.0 Å². The second kappa shape index (κ2) is 10.1. The highest BCUT2D eigenvalue weighted by Gasteiger charge is 2.58. The Bertz CT molecular complexity index is 1740. The van der Waals surface area contributed by atoms with Crippen LogP contribution in [0.2, 0.25) is 5.02 Å². The number of carbonyl (C=O) groups excluding carboxylic acids is 3. The van der Waals surface area contributed by atoms with Crippen LogP contribution in [0.3, 0.4) is 0 Å². The number of aryl methyl sites for hydroxylation is 1. The number of aromatic nitrogens is 3. The van der Waals surface area contributed by atoms with Gasteiger partial charge in [0.05, 0.1) is 53.3 Å². The van der Waals surface area contributed by atoms with Gasteiger partial charge in [-0.3, -0.25) is 28.9 Å². The van der Waals surface area contributed by atoms with Gasteiger partial charge in [0.2, 0.25) is 5.91 Å². The quantitative estimate of drug-likeness (QED) is 0.292. The van der Waals surface area contributed by atoms with E-state index in [2.05, 4.69) is 10.1 Å². The third kappa shape index (κ3) is 4.54. The highest BCUT2D eigenvalue weighted by Crippen LogP contribution is 2.52. The van der Waals surface area contributed by atoms with Crippen LogP contribution in [-0.4, -0.2) is 43.9 Å². The van der Waals surface area contributed by atoms with Gasteiger partial charge in [0.1, 0.15) is 11.6 Å². The van der Waals surface area contributed by atoms with Gasteiger partial charge < -0.3 is 10.5 Å². The molecule has 1 aliphatic heterocycles. The average Bonchev–Trinajstić information content (AvgIpc) is 3.59. The van der Waals surface area contributed by atoms with Crippen molar-refractivity contribution in [3.8, 4) is 0 Å². The minimum atomic E-state index is -1.90. The summed E-state index contributed by atoms with van der Waals surface area (Å²) in [6, 6.07) is 11.3. The molecule has 6 rings (SSSR count). The second-order valence-electron chi connectivity index (χ2n) is 10.6.